The molecule has 0 heterocycles. The van der Waals surface area contributed by atoms with Gasteiger partial charge >= 0.3 is 11.9 Å². The summed E-state index contributed by atoms with van der Waals surface area (Å²) in [7, 11) is 0. The highest BCUT2D eigenvalue weighted by atomic mass is 16.6. The average molecular weight is 338 g/mol. The molecule has 0 fully saturated rings. The topological polar surface area (TPSA) is 71.1 Å². The van der Waals surface area contributed by atoms with Crippen LogP contribution in [0.5, 0.6) is 11.5 Å². The second-order valence-corrected chi connectivity index (χ2v) is 7.20. The standard InChI is InChI=1S/C18H26O6/c1-17(2,3)23-15(19)11-21-13-9-7-8-10-14(13)22-12-16(20)24-18(4,5)6/h7-10H,11-12H2,1-6H3. The molecule has 6 heteroatoms. The number of hydrogen-bond acceptors (Lipinski definition) is 6. The molecule has 1 aromatic rings. The highest BCUT2D eigenvalue weighted by Gasteiger charge is 2.19. The monoisotopic (exact) mass is 338 g/mol. The lowest BCUT2D eigenvalue weighted by molar-refractivity contribution is -0.158. The third kappa shape index (κ3) is 8.41. The van der Waals surface area contributed by atoms with Crippen LogP contribution in [0.2, 0.25) is 0 Å². The summed E-state index contributed by atoms with van der Waals surface area (Å²) >= 11 is 0. The van der Waals surface area contributed by atoms with Gasteiger partial charge in [-0.15, -0.1) is 0 Å². The van der Waals surface area contributed by atoms with Crippen molar-refractivity contribution in [2.45, 2.75) is 52.7 Å². The number of esters is 2. The number of carbonyl (C=O) groups excluding carboxylic acids is 2. The Morgan fingerprint density at radius 3 is 1.38 bits per heavy atom. The summed E-state index contributed by atoms with van der Waals surface area (Å²) in [5.74, 6) is -0.257. The van der Waals surface area contributed by atoms with Crippen LogP contribution in [0.3, 0.4) is 0 Å². The summed E-state index contributed by atoms with van der Waals surface area (Å²) in [6.07, 6.45) is 0. The molecule has 0 N–H and O–H groups in total. The number of ether oxygens (including phenoxy) is 4. The van der Waals surface area contributed by atoms with Gasteiger partial charge in [-0.25, -0.2) is 9.59 Å². The minimum absolute atomic E-state index is 0.246. The van der Waals surface area contributed by atoms with Gasteiger partial charge in [0, 0.05) is 0 Å². The molecule has 1 aromatic carbocycles. The minimum atomic E-state index is -0.576. The zero-order valence-electron chi connectivity index (χ0n) is 15.2. The molecule has 0 unspecified atom stereocenters. The van der Waals surface area contributed by atoms with Crippen molar-refractivity contribution in [1.29, 1.82) is 0 Å². The Morgan fingerprint density at radius 2 is 1.08 bits per heavy atom. The SMILES string of the molecule is CC(C)(C)OC(=O)COc1ccccc1OCC(=O)OC(C)(C)C. The van der Waals surface area contributed by atoms with Gasteiger partial charge in [0.1, 0.15) is 11.2 Å². The van der Waals surface area contributed by atoms with E-state index in [0.29, 0.717) is 11.5 Å². The van der Waals surface area contributed by atoms with Crippen LogP contribution in [0.1, 0.15) is 41.5 Å². The smallest absolute Gasteiger partial charge is 0.344 e. The molecule has 0 spiro atoms. The van der Waals surface area contributed by atoms with Gasteiger partial charge in [0.2, 0.25) is 0 Å². The molecule has 0 atom stereocenters. The lowest BCUT2D eigenvalue weighted by Gasteiger charge is -2.20. The van der Waals surface area contributed by atoms with Crippen molar-refractivity contribution in [2.75, 3.05) is 13.2 Å². The van der Waals surface area contributed by atoms with Crippen molar-refractivity contribution < 1.29 is 28.5 Å². The Kier molecular flexibility index (Phi) is 6.63. The first kappa shape index (κ1) is 19.8. The van der Waals surface area contributed by atoms with Crippen molar-refractivity contribution >= 4 is 11.9 Å². The number of para-hydroxylation sites is 2. The van der Waals surface area contributed by atoms with E-state index in [1.54, 1.807) is 65.8 Å². The van der Waals surface area contributed by atoms with Crippen LogP contribution in [-0.4, -0.2) is 36.4 Å². The molecule has 0 aliphatic rings. The van der Waals surface area contributed by atoms with Crippen LogP contribution in [0, 0.1) is 0 Å². The largest absolute Gasteiger partial charge is 0.478 e. The molecule has 0 saturated heterocycles. The van der Waals surface area contributed by atoms with E-state index in [0.717, 1.165) is 0 Å². The normalized spacial score (nSPS) is 11.6. The molecule has 6 nitrogen and oxygen atoms in total. The second kappa shape index (κ2) is 8.04. The molecule has 0 aliphatic carbocycles. The van der Waals surface area contributed by atoms with Crippen LogP contribution in [0.15, 0.2) is 24.3 Å². The fraction of sp³-hybridized carbons (Fsp3) is 0.556. The van der Waals surface area contributed by atoms with Gasteiger partial charge in [-0.2, -0.15) is 0 Å². The van der Waals surface area contributed by atoms with Crippen LogP contribution in [0.25, 0.3) is 0 Å². The third-order valence-electron chi connectivity index (χ3n) is 2.38. The predicted molar refractivity (Wildman–Crippen MR) is 89.1 cm³/mol. The molecule has 0 bridgehead atoms. The lowest BCUT2D eigenvalue weighted by atomic mass is 10.2. The molecule has 0 saturated carbocycles. The van der Waals surface area contributed by atoms with Gasteiger partial charge in [-0.3, -0.25) is 0 Å². The van der Waals surface area contributed by atoms with Crippen molar-refractivity contribution in [2.24, 2.45) is 0 Å². The fourth-order valence-electron chi connectivity index (χ4n) is 1.70. The zero-order chi connectivity index (χ0) is 18.4. The summed E-state index contributed by atoms with van der Waals surface area (Å²) in [6.45, 7) is 10.2. The van der Waals surface area contributed by atoms with E-state index in [1.807, 2.05) is 0 Å². The summed E-state index contributed by atoms with van der Waals surface area (Å²) < 4.78 is 21.2. The van der Waals surface area contributed by atoms with Gasteiger partial charge in [0.05, 0.1) is 0 Å². The molecule has 0 aromatic heterocycles. The van der Waals surface area contributed by atoms with Crippen molar-refractivity contribution in [3.8, 4) is 11.5 Å². The highest BCUT2D eigenvalue weighted by Crippen LogP contribution is 2.26. The van der Waals surface area contributed by atoms with E-state index >= 15 is 0 Å². The minimum Gasteiger partial charge on any atom is -0.478 e. The number of hydrogen-bond donors (Lipinski definition) is 0. The lowest BCUT2D eigenvalue weighted by Crippen LogP contribution is -2.28. The molecule has 0 amide bonds. The highest BCUT2D eigenvalue weighted by molar-refractivity contribution is 5.72. The maximum atomic E-state index is 11.7. The van der Waals surface area contributed by atoms with E-state index in [4.69, 9.17) is 18.9 Å². The van der Waals surface area contributed by atoms with Crippen LogP contribution < -0.4 is 9.47 Å². The van der Waals surface area contributed by atoms with Gasteiger partial charge < -0.3 is 18.9 Å². The van der Waals surface area contributed by atoms with E-state index in [1.165, 1.54) is 0 Å². The molecular weight excluding hydrogens is 312 g/mol. The quantitative estimate of drug-likeness (QED) is 0.742. The van der Waals surface area contributed by atoms with E-state index < -0.39 is 23.1 Å². The number of benzene rings is 1. The van der Waals surface area contributed by atoms with Gasteiger partial charge in [-0.05, 0) is 53.7 Å². The molecule has 0 aliphatic heterocycles. The van der Waals surface area contributed by atoms with Crippen molar-refractivity contribution in [3.63, 3.8) is 0 Å². The fourth-order valence-corrected chi connectivity index (χ4v) is 1.70. The van der Waals surface area contributed by atoms with Crippen LogP contribution >= 0.6 is 0 Å². The Hall–Kier alpha value is -2.24. The summed E-state index contributed by atoms with van der Waals surface area (Å²) in [5, 5.41) is 0. The van der Waals surface area contributed by atoms with Crippen LogP contribution in [0.4, 0.5) is 0 Å². The molecule has 134 valence electrons. The van der Waals surface area contributed by atoms with Gasteiger partial charge in [-0.1, -0.05) is 12.1 Å². The first-order chi connectivity index (χ1) is 11.0. The van der Waals surface area contributed by atoms with Crippen LogP contribution in [-0.2, 0) is 19.1 Å². The van der Waals surface area contributed by atoms with E-state index in [2.05, 4.69) is 0 Å². The third-order valence-corrected chi connectivity index (χ3v) is 2.38. The first-order valence-electron chi connectivity index (χ1n) is 7.74. The summed E-state index contributed by atoms with van der Waals surface area (Å²) in [5.41, 5.74) is -1.15. The predicted octanol–water partition coefficient (Wildman–Crippen LogP) is 3.13. The molecule has 24 heavy (non-hydrogen) atoms. The molecule has 1 rings (SSSR count). The van der Waals surface area contributed by atoms with Crippen molar-refractivity contribution in [1.82, 2.24) is 0 Å². The Morgan fingerprint density at radius 1 is 0.750 bits per heavy atom. The second-order valence-electron chi connectivity index (χ2n) is 7.20. The Labute approximate surface area is 143 Å². The molecule has 0 radical (unpaired) electrons. The summed E-state index contributed by atoms with van der Waals surface area (Å²) in [6, 6.07) is 6.78. The Bertz CT molecular complexity index is 515. The number of rotatable bonds is 6. The van der Waals surface area contributed by atoms with Gasteiger partial charge in [0.15, 0.2) is 24.7 Å². The maximum Gasteiger partial charge on any atom is 0.344 e. The number of carbonyl (C=O) groups is 2. The average Bonchev–Trinajstić information content (AvgIpc) is 2.40. The van der Waals surface area contributed by atoms with E-state index in [9.17, 15) is 9.59 Å². The Balaban J connectivity index is 2.59. The van der Waals surface area contributed by atoms with Gasteiger partial charge in [0.25, 0.3) is 0 Å². The maximum absolute atomic E-state index is 11.7. The van der Waals surface area contributed by atoms with Crippen molar-refractivity contribution in [3.05, 3.63) is 24.3 Å². The summed E-state index contributed by atoms with van der Waals surface area (Å²) in [4.78, 5) is 23.4. The van der Waals surface area contributed by atoms with E-state index in [-0.39, 0.29) is 13.2 Å². The zero-order valence-corrected chi connectivity index (χ0v) is 15.2. The molecular formula is C18H26O6. The first-order valence-corrected chi connectivity index (χ1v) is 7.74.